The number of rotatable bonds is 6. The summed E-state index contributed by atoms with van der Waals surface area (Å²) in [5, 5.41) is 19.0. The van der Waals surface area contributed by atoms with Crippen molar-refractivity contribution in [2.75, 3.05) is 11.9 Å². The lowest BCUT2D eigenvalue weighted by atomic mass is 9.62. The van der Waals surface area contributed by atoms with Crippen LogP contribution in [0.1, 0.15) is 69.9 Å². The van der Waals surface area contributed by atoms with Crippen molar-refractivity contribution in [3.05, 3.63) is 63.1 Å². The van der Waals surface area contributed by atoms with Gasteiger partial charge in [0.15, 0.2) is 0 Å². The van der Waals surface area contributed by atoms with Gasteiger partial charge in [0.05, 0.1) is 22.2 Å². The Morgan fingerprint density at radius 2 is 1.85 bits per heavy atom. The summed E-state index contributed by atoms with van der Waals surface area (Å²) in [6.45, 7) is 6.51. The zero-order valence-electron chi connectivity index (χ0n) is 22.8. The molecular formula is C30H35Cl2F2N3O3. The van der Waals surface area contributed by atoms with Gasteiger partial charge in [-0.1, -0.05) is 50.0 Å². The van der Waals surface area contributed by atoms with E-state index in [1.807, 2.05) is 20.8 Å². The molecule has 2 aromatic rings. The average Bonchev–Trinajstić information content (AvgIpc) is 3.51. The molecule has 1 saturated carbocycles. The van der Waals surface area contributed by atoms with Crippen LogP contribution in [0.25, 0.3) is 0 Å². The standard InChI is InChI=1S/C30H35Cl2F2N3O3/c1-29(2,3)14-24-30(18-12-22(34)20(32)13-23(18)36-28(30)40)25(16-5-7-21(33)19(31)11-16)26(37-24)27(39)35-9-8-15-4-6-17(38)10-15/h5,7,11-13,15,17,24-26,37-38H,4,6,8-10,14H2,1-3H3,(H,35,39)(H,36,40)/t15-,17-,24+,25-,26+,30-/m0/s1. The van der Waals surface area contributed by atoms with Gasteiger partial charge in [0.2, 0.25) is 11.8 Å². The molecule has 2 heterocycles. The first-order valence-electron chi connectivity index (χ1n) is 13.8. The largest absolute Gasteiger partial charge is 0.393 e. The number of aliphatic hydroxyl groups is 1. The van der Waals surface area contributed by atoms with Crippen molar-refractivity contribution in [2.24, 2.45) is 11.3 Å². The minimum atomic E-state index is -1.40. The normalized spacial score (nSPS) is 29.6. The van der Waals surface area contributed by atoms with E-state index >= 15 is 0 Å². The molecule has 0 unspecified atom stereocenters. The first kappa shape index (κ1) is 29.2. The molecule has 216 valence electrons. The second-order valence-electron chi connectivity index (χ2n) is 12.7. The first-order valence-corrected chi connectivity index (χ1v) is 14.5. The molecule has 2 fully saturated rings. The number of aliphatic hydroxyl groups excluding tert-OH is 1. The van der Waals surface area contributed by atoms with E-state index in [-0.39, 0.29) is 33.4 Å². The van der Waals surface area contributed by atoms with Crippen molar-refractivity contribution in [2.45, 2.75) is 82.4 Å². The molecule has 3 aliphatic rings. The summed E-state index contributed by atoms with van der Waals surface area (Å²) in [6, 6.07) is 5.41. The zero-order chi connectivity index (χ0) is 29.0. The topological polar surface area (TPSA) is 90.5 Å². The number of hydrogen-bond acceptors (Lipinski definition) is 4. The van der Waals surface area contributed by atoms with Gasteiger partial charge in [0, 0.05) is 24.2 Å². The second kappa shape index (κ2) is 10.9. The van der Waals surface area contributed by atoms with E-state index in [1.165, 1.54) is 30.3 Å². The van der Waals surface area contributed by atoms with E-state index in [0.717, 1.165) is 25.7 Å². The summed E-state index contributed by atoms with van der Waals surface area (Å²) < 4.78 is 29.3. The third kappa shape index (κ3) is 5.24. The molecular weight excluding hydrogens is 559 g/mol. The Bertz CT molecular complexity index is 1330. The van der Waals surface area contributed by atoms with Crippen LogP contribution < -0.4 is 16.0 Å². The number of carbonyl (C=O) groups is 2. The molecule has 4 N–H and O–H groups in total. The lowest BCUT2D eigenvalue weighted by Crippen LogP contribution is -2.49. The van der Waals surface area contributed by atoms with Crippen molar-refractivity contribution in [1.29, 1.82) is 0 Å². The van der Waals surface area contributed by atoms with Gasteiger partial charge in [-0.3, -0.25) is 9.59 Å². The Kier molecular flexibility index (Phi) is 7.94. The molecule has 10 heteroatoms. The minimum absolute atomic E-state index is 0.123. The summed E-state index contributed by atoms with van der Waals surface area (Å²) in [5.41, 5.74) is -0.379. The van der Waals surface area contributed by atoms with Crippen LogP contribution >= 0.6 is 23.2 Å². The van der Waals surface area contributed by atoms with Crippen LogP contribution in [0.4, 0.5) is 14.5 Å². The number of carbonyl (C=O) groups excluding carboxylic acids is 2. The smallest absolute Gasteiger partial charge is 0.237 e. The third-order valence-corrected chi connectivity index (χ3v) is 9.23. The van der Waals surface area contributed by atoms with E-state index in [2.05, 4.69) is 16.0 Å². The highest BCUT2D eigenvalue weighted by Crippen LogP contribution is 2.57. The predicted molar refractivity (Wildman–Crippen MR) is 152 cm³/mol. The quantitative estimate of drug-likeness (QED) is 0.346. The van der Waals surface area contributed by atoms with Crippen molar-refractivity contribution in [1.82, 2.24) is 10.6 Å². The van der Waals surface area contributed by atoms with Gasteiger partial charge < -0.3 is 21.1 Å². The molecule has 2 aromatic carbocycles. The molecule has 2 amide bonds. The van der Waals surface area contributed by atoms with Gasteiger partial charge in [-0.05, 0) is 78.8 Å². The number of hydrogen-bond donors (Lipinski definition) is 4. The Hall–Kier alpha value is -2.26. The SMILES string of the molecule is CC(C)(C)C[C@H]1N[C@@H](C(=O)NCC[C@@H]2CC[C@H](O)C2)[C@H](c2ccc(F)c(Cl)c2)[C@@]12C(=O)Nc1cc(Cl)c(F)cc12. The molecule has 1 aliphatic carbocycles. The van der Waals surface area contributed by atoms with E-state index in [1.54, 1.807) is 0 Å². The molecule has 2 aliphatic heterocycles. The lowest BCUT2D eigenvalue weighted by molar-refractivity contribution is -0.123. The fourth-order valence-electron chi connectivity index (χ4n) is 6.96. The van der Waals surface area contributed by atoms with Crippen LogP contribution in [0.2, 0.25) is 10.0 Å². The van der Waals surface area contributed by atoms with Crippen LogP contribution in [-0.2, 0) is 15.0 Å². The summed E-state index contributed by atoms with van der Waals surface area (Å²) in [5.74, 6) is -2.48. The average molecular weight is 595 g/mol. The van der Waals surface area contributed by atoms with Gasteiger partial charge in [-0.15, -0.1) is 0 Å². The highest BCUT2D eigenvalue weighted by atomic mass is 35.5. The number of anilines is 1. The maximum absolute atomic E-state index is 15.0. The monoisotopic (exact) mass is 593 g/mol. The van der Waals surface area contributed by atoms with Crippen LogP contribution in [-0.4, -0.2) is 41.7 Å². The third-order valence-electron chi connectivity index (χ3n) is 8.65. The van der Waals surface area contributed by atoms with Crippen molar-refractivity contribution >= 4 is 40.7 Å². The van der Waals surface area contributed by atoms with E-state index < -0.39 is 35.1 Å². The Labute approximate surface area is 243 Å². The van der Waals surface area contributed by atoms with E-state index in [0.29, 0.717) is 35.7 Å². The summed E-state index contributed by atoms with van der Waals surface area (Å²) >= 11 is 12.3. The van der Waals surface area contributed by atoms with E-state index in [9.17, 15) is 23.5 Å². The minimum Gasteiger partial charge on any atom is -0.393 e. The molecule has 40 heavy (non-hydrogen) atoms. The number of halogens is 4. The predicted octanol–water partition coefficient (Wildman–Crippen LogP) is 5.69. The Balaban J connectivity index is 1.60. The van der Waals surface area contributed by atoms with Crippen LogP contribution in [0.5, 0.6) is 0 Å². The lowest BCUT2D eigenvalue weighted by Gasteiger charge is -2.37. The molecule has 6 atom stereocenters. The molecule has 6 nitrogen and oxygen atoms in total. The Morgan fingerprint density at radius 1 is 1.12 bits per heavy atom. The van der Waals surface area contributed by atoms with Gasteiger partial charge in [-0.2, -0.15) is 0 Å². The van der Waals surface area contributed by atoms with Gasteiger partial charge in [0.25, 0.3) is 0 Å². The summed E-state index contributed by atoms with van der Waals surface area (Å²) in [4.78, 5) is 28.0. The summed E-state index contributed by atoms with van der Waals surface area (Å²) in [7, 11) is 0. The number of fused-ring (bicyclic) bond motifs is 2. The van der Waals surface area contributed by atoms with E-state index in [4.69, 9.17) is 23.2 Å². The molecule has 0 aromatic heterocycles. The molecule has 1 saturated heterocycles. The second-order valence-corrected chi connectivity index (χ2v) is 13.5. The molecule has 0 radical (unpaired) electrons. The number of amides is 2. The highest BCUT2D eigenvalue weighted by Gasteiger charge is 2.66. The molecule has 0 bridgehead atoms. The Morgan fingerprint density at radius 3 is 2.50 bits per heavy atom. The van der Waals surface area contributed by atoms with Crippen molar-refractivity contribution in [3.8, 4) is 0 Å². The van der Waals surface area contributed by atoms with Crippen LogP contribution in [0, 0.1) is 23.0 Å². The maximum Gasteiger partial charge on any atom is 0.237 e. The first-order chi connectivity index (χ1) is 18.8. The maximum atomic E-state index is 15.0. The van der Waals surface area contributed by atoms with Gasteiger partial charge in [0.1, 0.15) is 17.0 Å². The highest BCUT2D eigenvalue weighted by molar-refractivity contribution is 6.31. The fourth-order valence-corrected chi connectivity index (χ4v) is 7.31. The number of benzene rings is 2. The number of nitrogens with one attached hydrogen (secondary N) is 3. The zero-order valence-corrected chi connectivity index (χ0v) is 24.3. The van der Waals surface area contributed by atoms with Gasteiger partial charge >= 0.3 is 0 Å². The van der Waals surface area contributed by atoms with Crippen molar-refractivity contribution < 1.29 is 23.5 Å². The molecule has 1 spiro atoms. The summed E-state index contributed by atoms with van der Waals surface area (Å²) in [6.07, 6.45) is 3.32. The van der Waals surface area contributed by atoms with Gasteiger partial charge in [-0.25, -0.2) is 8.78 Å². The molecule has 5 rings (SSSR count). The fraction of sp³-hybridized carbons (Fsp3) is 0.533. The van der Waals surface area contributed by atoms with Crippen molar-refractivity contribution in [3.63, 3.8) is 0 Å². The van der Waals surface area contributed by atoms with Crippen LogP contribution in [0.3, 0.4) is 0 Å². The van der Waals surface area contributed by atoms with Crippen LogP contribution in [0.15, 0.2) is 30.3 Å².